The van der Waals surface area contributed by atoms with Gasteiger partial charge in [-0.3, -0.25) is 9.20 Å². The molecule has 9 heteroatoms. The number of nitrogens with one attached hydrogen (secondary N) is 1. The molecule has 0 radical (unpaired) electrons. The molecule has 32 heavy (non-hydrogen) atoms. The first kappa shape index (κ1) is 20.3. The van der Waals surface area contributed by atoms with Crippen molar-refractivity contribution < 1.29 is 18.8 Å². The topological polar surface area (TPSA) is 106 Å². The van der Waals surface area contributed by atoms with Crippen molar-refractivity contribution in [1.82, 2.24) is 19.5 Å². The largest absolute Gasteiger partial charge is 0.386 e. The van der Waals surface area contributed by atoms with Crippen LogP contribution in [0.1, 0.15) is 53.7 Å². The molecule has 3 aromatic heterocycles. The van der Waals surface area contributed by atoms with Gasteiger partial charge in [0.25, 0.3) is 5.91 Å². The molecule has 3 heterocycles. The second kappa shape index (κ2) is 7.23. The predicted molar refractivity (Wildman–Crippen MR) is 115 cm³/mol. The van der Waals surface area contributed by atoms with Crippen LogP contribution in [0.5, 0.6) is 0 Å². The minimum absolute atomic E-state index is 0.301. The highest BCUT2D eigenvalue weighted by molar-refractivity contribution is 6.04. The lowest BCUT2D eigenvalue weighted by Gasteiger charge is -2.17. The first-order valence-corrected chi connectivity index (χ1v) is 10.3. The zero-order valence-electron chi connectivity index (χ0n) is 17.8. The van der Waals surface area contributed by atoms with Gasteiger partial charge in [0.1, 0.15) is 17.5 Å². The maximum absolute atomic E-state index is 13.3. The van der Waals surface area contributed by atoms with Crippen LogP contribution in [0, 0.1) is 6.92 Å². The Hall–Kier alpha value is -3.59. The molecule has 0 spiro atoms. The van der Waals surface area contributed by atoms with E-state index in [9.17, 15) is 14.3 Å². The number of carbonyl (C=O) groups is 1. The summed E-state index contributed by atoms with van der Waals surface area (Å²) >= 11 is 0. The minimum Gasteiger partial charge on any atom is -0.386 e. The maximum atomic E-state index is 13.3. The molecule has 2 N–H and O–H groups in total. The molecule has 1 amide bonds. The number of alkyl halides is 1. The predicted octanol–water partition coefficient (Wildman–Crippen LogP) is 4.00. The maximum Gasteiger partial charge on any atom is 0.274 e. The van der Waals surface area contributed by atoms with Crippen molar-refractivity contribution in [2.24, 2.45) is 0 Å². The number of imidazole rings is 1. The number of rotatable bonds is 5. The summed E-state index contributed by atoms with van der Waals surface area (Å²) in [5.74, 6) is 0.00659. The third-order valence-corrected chi connectivity index (χ3v) is 5.67. The molecule has 8 nitrogen and oxygen atoms in total. The molecular weight excluding hydrogens is 413 g/mol. The number of benzene rings is 1. The van der Waals surface area contributed by atoms with E-state index in [1.54, 1.807) is 42.6 Å². The summed E-state index contributed by atoms with van der Waals surface area (Å²) < 4.78 is 20.1. The van der Waals surface area contributed by atoms with Gasteiger partial charge < -0.3 is 14.9 Å². The molecule has 1 saturated carbocycles. The van der Waals surface area contributed by atoms with Gasteiger partial charge in [0.15, 0.2) is 0 Å². The number of carbonyl (C=O) groups excluding carboxylic acids is 1. The molecule has 0 saturated heterocycles. The average molecular weight is 435 g/mol. The van der Waals surface area contributed by atoms with Gasteiger partial charge in [-0.05, 0) is 56.5 Å². The summed E-state index contributed by atoms with van der Waals surface area (Å²) in [6, 6.07) is 8.94. The van der Waals surface area contributed by atoms with Crippen molar-refractivity contribution in [3.8, 4) is 11.4 Å². The quantitative estimate of drug-likeness (QED) is 0.491. The number of halogens is 1. The highest BCUT2D eigenvalue weighted by Gasteiger charge is 2.43. The number of nitrogens with zero attached hydrogens (tertiary/aromatic N) is 4. The molecule has 1 aliphatic rings. The van der Waals surface area contributed by atoms with Crippen molar-refractivity contribution in [3.05, 3.63) is 65.4 Å². The Balaban J connectivity index is 1.41. The summed E-state index contributed by atoms with van der Waals surface area (Å²) in [5, 5.41) is 17.1. The van der Waals surface area contributed by atoms with Crippen LogP contribution in [0.15, 0.2) is 47.2 Å². The highest BCUT2D eigenvalue weighted by atomic mass is 19.1. The van der Waals surface area contributed by atoms with E-state index in [0.717, 1.165) is 5.56 Å². The summed E-state index contributed by atoms with van der Waals surface area (Å²) in [7, 11) is 0. The molecule has 164 valence electrons. The van der Waals surface area contributed by atoms with E-state index >= 15 is 0 Å². The second-order valence-electron chi connectivity index (χ2n) is 8.64. The van der Waals surface area contributed by atoms with Gasteiger partial charge in [0.05, 0.1) is 17.7 Å². The standard InChI is InChI=1S/C23H22FN5O3/c1-12-4-5-13(20-27-22(32-28-20)15-10-16(15)24)8-17(12)26-21(30)18-11-25-19-9-14(23(2,3)31)6-7-29(18)19/h4-9,11,15-16,31H,10H2,1-3H3,(H,26,30)/t15-,16-/m0/s1. The molecular formula is C23H22FN5O3. The van der Waals surface area contributed by atoms with Crippen LogP contribution in [-0.2, 0) is 5.60 Å². The number of pyridine rings is 1. The zero-order valence-corrected chi connectivity index (χ0v) is 17.8. The van der Waals surface area contributed by atoms with E-state index in [1.807, 2.05) is 19.1 Å². The first-order valence-electron chi connectivity index (χ1n) is 10.3. The Morgan fingerprint density at radius 1 is 1.31 bits per heavy atom. The highest BCUT2D eigenvalue weighted by Crippen LogP contribution is 2.43. The summed E-state index contributed by atoms with van der Waals surface area (Å²) in [6.07, 6.45) is 2.70. The zero-order chi connectivity index (χ0) is 22.6. The van der Waals surface area contributed by atoms with Gasteiger partial charge in [-0.2, -0.15) is 4.98 Å². The Morgan fingerprint density at radius 3 is 2.81 bits per heavy atom. The Kier molecular flexibility index (Phi) is 4.59. The third kappa shape index (κ3) is 3.64. The first-order chi connectivity index (χ1) is 15.2. The molecule has 0 unspecified atom stereocenters. The van der Waals surface area contributed by atoms with Gasteiger partial charge >= 0.3 is 0 Å². The molecule has 1 aliphatic carbocycles. The Morgan fingerprint density at radius 2 is 2.09 bits per heavy atom. The molecule has 5 rings (SSSR count). The van der Waals surface area contributed by atoms with Crippen LogP contribution < -0.4 is 5.32 Å². The van der Waals surface area contributed by atoms with E-state index in [1.165, 1.54) is 6.20 Å². The number of hydrogen-bond acceptors (Lipinski definition) is 6. The van der Waals surface area contributed by atoms with Gasteiger partial charge in [0, 0.05) is 17.4 Å². The lowest BCUT2D eigenvalue weighted by atomic mass is 10.00. The second-order valence-corrected chi connectivity index (χ2v) is 8.64. The average Bonchev–Trinajstić information content (AvgIpc) is 3.15. The summed E-state index contributed by atoms with van der Waals surface area (Å²) in [5.41, 5.74) is 2.72. The van der Waals surface area contributed by atoms with E-state index in [4.69, 9.17) is 4.52 Å². The number of amides is 1. The monoisotopic (exact) mass is 435 g/mol. The van der Waals surface area contributed by atoms with E-state index in [2.05, 4.69) is 20.4 Å². The summed E-state index contributed by atoms with van der Waals surface area (Å²) in [6.45, 7) is 5.26. The number of aromatic nitrogens is 4. The van der Waals surface area contributed by atoms with Crippen molar-refractivity contribution in [2.45, 2.75) is 44.9 Å². The van der Waals surface area contributed by atoms with E-state index in [0.29, 0.717) is 46.3 Å². The van der Waals surface area contributed by atoms with Crippen LogP contribution in [-0.4, -0.2) is 36.7 Å². The van der Waals surface area contributed by atoms with Crippen LogP contribution in [0.25, 0.3) is 17.0 Å². The van der Waals surface area contributed by atoms with Crippen molar-refractivity contribution >= 4 is 17.2 Å². The fourth-order valence-corrected chi connectivity index (χ4v) is 3.53. The van der Waals surface area contributed by atoms with Crippen molar-refractivity contribution in [1.29, 1.82) is 0 Å². The molecule has 1 fully saturated rings. The van der Waals surface area contributed by atoms with Crippen LogP contribution in [0.3, 0.4) is 0 Å². The van der Waals surface area contributed by atoms with Gasteiger partial charge in [-0.25, -0.2) is 9.37 Å². The van der Waals surface area contributed by atoms with Gasteiger partial charge in [0.2, 0.25) is 11.7 Å². The smallest absolute Gasteiger partial charge is 0.274 e. The van der Waals surface area contributed by atoms with Crippen LogP contribution >= 0.6 is 0 Å². The van der Waals surface area contributed by atoms with Gasteiger partial charge in [-0.1, -0.05) is 17.3 Å². The van der Waals surface area contributed by atoms with E-state index < -0.39 is 11.8 Å². The molecule has 2 atom stereocenters. The lowest BCUT2D eigenvalue weighted by Crippen LogP contribution is -2.17. The number of aryl methyl sites for hydroxylation is 1. The number of fused-ring (bicyclic) bond motifs is 1. The number of hydrogen-bond donors (Lipinski definition) is 2. The van der Waals surface area contributed by atoms with E-state index in [-0.39, 0.29) is 11.8 Å². The van der Waals surface area contributed by atoms with Crippen molar-refractivity contribution in [3.63, 3.8) is 0 Å². The fourth-order valence-electron chi connectivity index (χ4n) is 3.53. The molecule has 0 bridgehead atoms. The normalized spacial score (nSPS) is 18.2. The van der Waals surface area contributed by atoms with Crippen LogP contribution in [0.4, 0.5) is 10.1 Å². The fraction of sp³-hybridized carbons (Fsp3) is 0.304. The Bertz CT molecular complexity index is 1340. The molecule has 0 aliphatic heterocycles. The number of aliphatic hydroxyl groups is 1. The van der Waals surface area contributed by atoms with Crippen LogP contribution in [0.2, 0.25) is 0 Å². The minimum atomic E-state index is -1.01. The number of anilines is 1. The van der Waals surface area contributed by atoms with Gasteiger partial charge in [-0.15, -0.1) is 0 Å². The lowest BCUT2D eigenvalue weighted by molar-refractivity contribution is 0.0786. The third-order valence-electron chi connectivity index (χ3n) is 5.67. The SMILES string of the molecule is Cc1ccc(-c2noc([C@H]3C[C@@H]3F)n2)cc1NC(=O)c1cnc2cc(C(C)(C)O)ccn12. The molecule has 4 aromatic rings. The summed E-state index contributed by atoms with van der Waals surface area (Å²) in [4.78, 5) is 21.6. The Labute approximate surface area is 183 Å². The van der Waals surface area contributed by atoms with Crippen molar-refractivity contribution in [2.75, 3.05) is 5.32 Å². The molecule has 1 aromatic carbocycles.